The lowest BCUT2D eigenvalue weighted by molar-refractivity contribution is 0.102. The summed E-state index contributed by atoms with van der Waals surface area (Å²) in [6.45, 7) is 1.97. The molecule has 1 aliphatic heterocycles. The Morgan fingerprint density at radius 1 is 1.15 bits per heavy atom. The van der Waals surface area contributed by atoms with E-state index in [1.807, 2.05) is 16.9 Å². The van der Waals surface area contributed by atoms with E-state index >= 15 is 0 Å². The molecule has 0 radical (unpaired) electrons. The number of H-pyrrole nitrogens is 1. The third-order valence-corrected chi connectivity index (χ3v) is 5.62. The van der Waals surface area contributed by atoms with Crippen LogP contribution in [0.15, 0.2) is 18.3 Å². The van der Waals surface area contributed by atoms with Gasteiger partial charge in [-0.1, -0.05) is 25.7 Å². The molecule has 4 rings (SSSR count). The summed E-state index contributed by atoms with van der Waals surface area (Å²) in [5.41, 5.74) is 1.58. The number of carbonyl (C=O) groups excluding carboxylic acids is 1. The van der Waals surface area contributed by atoms with E-state index in [1.54, 1.807) is 6.07 Å². The molecule has 3 heterocycles. The monoisotopic (exact) mass is 356 g/mol. The number of hydrogen-bond acceptors (Lipinski definition) is 4. The SMILES string of the molecule is O=C(Nc1cc(C2CCCCCC2)[nH]n1)c1ccn(C2CCCNC2)n1. The maximum absolute atomic E-state index is 12.5. The zero-order valence-corrected chi connectivity index (χ0v) is 15.2. The Hall–Kier alpha value is -2.15. The Bertz CT molecular complexity index is 722. The summed E-state index contributed by atoms with van der Waals surface area (Å²) < 4.78 is 1.91. The van der Waals surface area contributed by atoms with Gasteiger partial charge in [0.1, 0.15) is 0 Å². The maximum Gasteiger partial charge on any atom is 0.277 e. The lowest BCUT2D eigenvalue weighted by Gasteiger charge is -2.22. The van der Waals surface area contributed by atoms with E-state index in [9.17, 15) is 4.79 Å². The van der Waals surface area contributed by atoms with Gasteiger partial charge < -0.3 is 10.6 Å². The molecule has 1 saturated heterocycles. The number of hydrogen-bond donors (Lipinski definition) is 3. The van der Waals surface area contributed by atoms with Crippen molar-refractivity contribution < 1.29 is 4.79 Å². The van der Waals surface area contributed by atoms with E-state index in [1.165, 1.54) is 38.5 Å². The van der Waals surface area contributed by atoms with E-state index in [0.29, 0.717) is 23.5 Å². The minimum absolute atomic E-state index is 0.202. The molecule has 1 unspecified atom stereocenters. The molecule has 7 heteroatoms. The van der Waals surface area contributed by atoms with Crippen LogP contribution in [-0.4, -0.2) is 39.0 Å². The minimum Gasteiger partial charge on any atom is -0.315 e. The number of carbonyl (C=O) groups is 1. The third-order valence-electron chi connectivity index (χ3n) is 5.62. The van der Waals surface area contributed by atoms with Crippen molar-refractivity contribution in [1.82, 2.24) is 25.3 Å². The number of nitrogens with zero attached hydrogens (tertiary/aromatic N) is 3. The molecule has 1 aliphatic carbocycles. The van der Waals surface area contributed by atoms with Crippen molar-refractivity contribution in [2.75, 3.05) is 18.4 Å². The van der Waals surface area contributed by atoms with Crippen LogP contribution in [0.1, 0.15) is 79.5 Å². The summed E-state index contributed by atoms with van der Waals surface area (Å²) in [5.74, 6) is 0.920. The number of anilines is 1. The highest BCUT2D eigenvalue weighted by Gasteiger charge is 2.20. The zero-order valence-electron chi connectivity index (χ0n) is 15.2. The Kier molecular flexibility index (Phi) is 5.34. The molecule has 3 N–H and O–H groups in total. The molecule has 26 heavy (non-hydrogen) atoms. The van der Waals surface area contributed by atoms with Gasteiger partial charge in [-0.15, -0.1) is 0 Å². The molecule has 2 fully saturated rings. The molecular formula is C19H28N6O. The van der Waals surface area contributed by atoms with Crippen molar-refractivity contribution in [2.45, 2.75) is 63.3 Å². The first kappa shape index (κ1) is 17.3. The second-order valence-electron chi connectivity index (χ2n) is 7.53. The van der Waals surface area contributed by atoms with E-state index in [4.69, 9.17) is 0 Å². The largest absolute Gasteiger partial charge is 0.315 e. The van der Waals surface area contributed by atoms with Gasteiger partial charge >= 0.3 is 0 Å². The molecule has 7 nitrogen and oxygen atoms in total. The Balaban J connectivity index is 1.38. The minimum atomic E-state index is -0.202. The van der Waals surface area contributed by atoms with Gasteiger partial charge in [0.25, 0.3) is 5.91 Å². The molecule has 0 aromatic carbocycles. The smallest absolute Gasteiger partial charge is 0.277 e. The quantitative estimate of drug-likeness (QED) is 0.734. The van der Waals surface area contributed by atoms with Crippen LogP contribution < -0.4 is 10.6 Å². The van der Waals surface area contributed by atoms with Crippen LogP contribution >= 0.6 is 0 Å². The highest BCUT2D eigenvalue weighted by Crippen LogP contribution is 2.31. The first-order valence-corrected chi connectivity index (χ1v) is 9.92. The van der Waals surface area contributed by atoms with E-state index in [-0.39, 0.29) is 5.91 Å². The van der Waals surface area contributed by atoms with Crippen LogP contribution in [0.4, 0.5) is 5.82 Å². The lowest BCUT2D eigenvalue weighted by atomic mass is 9.97. The van der Waals surface area contributed by atoms with Crippen LogP contribution in [-0.2, 0) is 0 Å². The fourth-order valence-corrected chi connectivity index (χ4v) is 4.10. The van der Waals surface area contributed by atoms with Crippen molar-refractivity contribution >= 4 is 11.7 Å². The fourth-order valence-electron chi connectivity index (χ4n) is 4.10. The van der Waals surface area contributed by atoms with Gasteiger partial charge in [-0.05, 0) is 38.3 Å². The number of aromatic nitrogens is 4. The van der Waals surface area contributed by atoms with Crippen molar-refractivity contribution in [3.05, 3.63) is 29.7 Å². The van der Waals surface area contributed by atoms with Crippen LogP contribution in [0.25, 0.3) is 0 Å². The summed E-state index contributed by atoms with van der Waals surface area (Å²) in [5, 5.41) is 18.1. The third kappa shape index (κ3) is 3.98. The zero-order chi connectivity index (χ0) is 17.8. The summed E-state index contributed by atoms with van der Waals surface area (Å²) in [6.07, 6.45) is 11.8. The number of nitrogens with one attached hydrogen (secondary N) is 3. The van der Waals surface area contributed by atoms with Crippen LogP contribution in [0, 0.1) is 0 Å². The number of piperidine rings is 1. The predicted molar refractivity (Wildman–Crippen MR) is 100 cm³/mol. The average molecular weight is 356 g/mol. The van der Waals surface area contributed by atoms with Crippen molar-refractivity contribution in [2.24, 2.45) is 0 Å². The average Bonchev–Trinajstić information content (AvgIpc) is 3.26. The van der Waals surface area contributed by atoms with Crippen molar-refractivity contribution in [3.8, 4) is 0 Å². The summed E-state index contributed by atoms with van der Waals surface area (Å²) in [7, 11) is 0. The first-order chi connectivity index (χ1) is 12.8. The molecule has 140 valence electrons. The molecule has 1 saturated carbocycles. The Morgan fingerprint density at radius 2 is 2.00 bits per heavy atom. The number of aromatic amines is 1. The molecule has 2 aliphatic rings. The molecule has 1 amide bonds. The summed E-state index contributed by atoms with van der Waals surface area (Å²) in [6, 6.07) is 4.09. The van der Waals surface area contributed by atoms with Gasteiger partial charge in [0.05, 0.1) is 6.04 Å². The van der Waals surface area contributed by atoms with Crippen LogP contribution in [0.2, 0.25) is 0 Å². The summed E-state index contributed by atoms with van der Waals surface area (Å²) >= 11 is 0. The lowest BCUT2D eigenvalue weighted by Crippen LogP contribution is -2.32. The van der Waals surface area contributed by atoms with E-state index < -0.39 is 0 Å². The van der Waals surface area contributed by atoms with Gasteiger partial charge in [0.2, 0.25) is 0 Å². The van der Waals surface area contributed by atoms with Gasteiger partial charge in [-0.25, -0.2) is 0 Å². The molecule has 2 aromatic rings. The van der Waals surface area contributed by atoms with E-state index in [2.05, 4.69) is 25.9 Å². The molecular weight excluding hydrogens is 328 g/mol. The maximum atomic E-state index is 12.5. The highest BCUT2D eigenvalue weighted by atomic mass is 16.2. The van der Waals surface area contributed by atoms with Gasteiger partial charge in [-0.2, -0.15) is 10.2 Å². The standard InChI is InChI=1S/C19H28N6O/c26-19(16-9-11-25(24-16)15-8-5-10-20-13-15)21-18-12-17(22-23-18)14-6-3-1-2-4-7-14/h9,11-12,14-15,20H,1-8,10,13H2,(H2,21,22,23,26). The fraction of sp³-hybridized carbons (Fsp3) is 0.632. The van der Waals surface area contributed by atoms with Gasteiger partial charge in [0, 0.05) is 30.4 Å². The Morgan fingerprint density at radius 3 is 2.77 bits per heavy atom. The molecule has 2 aromatic heterocycles. The molecule has 1 atom stereocenters. The number of amides is 1. The normalized spacial score (nSPS) is 22.1. The second-order valence-corrected chi connectivity index (χ2v) is 7.53. The first-order valence-electron chi connectivity index (χ1n) is 9.92. The van der Waals surface area contributed by atoms with Crippen molar-refractivity contribution in [1.29, 1.82) is 0 Å². The molecule has 0 bridgehead atoms. The molecule has 0 spiro atoms. The van der Waals surface area contributed by atoms with Crippen LogP contribution in [0.3, 0.4) is 0 Å². The van der Waals surface area contributed by atoms with Gasteiger partial charge in [-0.3, -0.25) is 14.6 Å². The van der Waals surface area contributed by atoms with Crippen LogP contribution in [0.5, 0.6) is 0 Å². The number of rotatable bonds is 4. The topological polar surface area (TPSA) is 87.6 Å². The second kappa shape index (κ2) is 8.03. The van der Waals surface area contributed by atoms with Gasteiger partial charge in [0.15, 0.2) is 11.5 Å². The Labute approximate surface area is 153 Å². The summed E-state index contributed by atoms with van der Waals surface area (Å²) in [4.78, 5) is 12.5. The van der Waals surface area contributed by atoms with E-state index in [0.717, 1.165) is 31.6 Å². The predicted octanol–water partition coefficient (Wildman–Crippen LogP) is 3.22. The van der Waals surface area contributed by atoms with Crippen molar-refractivity contribution in [3.63, 3.8) is 0 Å². The highest BCUT2D eigenvalue weighted by molar-refractivity contribution is 6.02.